The Bertz CT molecular complexity index is 944. The molecular formula is C22H25ClFN3. The molecule has 1 fully saturated rings. The molecule has 2 heterocycles. The van der Waals surface area contributed by atoms with Gasteiger partial charge in [-0.15, -0.1) is 0 Å². The van der Waals surface area contributed by atoms with Gasteiger partial charge in [0, 0.05) is 34.1 Å². The SMILES string of the molecule is CC(CN)N1CCC(c2ccc3[nH]c(-c4ccccc4Cl)c(F)c3c2)CC1. The molecule has 5 heteroatoms. The predicted octanol–water partition coefficient (Wildman–Crippen LogP) is 5.15. The third kappa shape index (κ3) is 3.49. The molecule has 0 spiro atoms. The van der Waals surface area contributed by atoms with Crippen molar-refractivity contribution in [2.75, 3.05) is 19.6 Å². The molecule has 0 amide bonds. The van der Waals surface area contributed by atoms with Gasteiger partial charge < -0.3 is 10.7 Å². The average molecular weight is 386 g/mol. The van der Waals surface area contributed by atoms with Crippen molar-refractivity contribution in [3.05, 3.63) is 58.9 Å². The van der Waals surface area contributed by atoms with Crippen LogP contribution >= 0.6 is 11.6 Å². The molecule has 0 saturated carbocycles. The summed E-state index contributed by atoms with van der Waals surface area (Å²) >= 11 is 6.26. The van der Waals surface area contributed by atoms with Crippen LogP contribution in [-0.4, -0.2) is 35.6 Å². The van der Waals surface area contributed by atoms with Crippen molar-refractivity contribution >= 4 is 22.5 Å². The van der Waals surface area contributed by atoms with E-state index in [-0.39, 0.29) is 5.82 Å². The number of likely N-dealkylation sites (tertiary alicyclic amines) is 1. The number of nitrogens with two attached hydrogens (primary N) is 1. The van der Waals surface area contributed by atoms with E-state index in [0.29, 0.717) is 40.2 Å². The van der Waals surface area contributed by atoms with Crippen molar-refractivity contribution in [2.45, 2.75) is 31.7 Å². The van der Waals surface area contributed by atoms with Crippen molar-refractivity contribution in [3.63, 3.8) is 0 Å². The molecule has 2 aromatic carbocycles. The van der Waals surface area contributed by atoms with E-state index < -0.39 is 0 Å². The van der Waals surface area contributed by atoms with E-state index in [2.05, 4.69) is 22.9 Å². The van der Waals surface area contributed by atoms with Gasteiger partial charge in [-0.3, -0.25) is 4.90 Å². The Labute approximate surface area is 164 Å². The number of hydrogen-bond acceptors (Lipinski definition) is 2. The summed E-state index contributed by atoms with van der Waals surface area (Å²) in [5.41, 5.74) is 8.96. The highest BCUT2D eigenvalue weighted by atomic mass is 35.5. The quantitative estimate of drug-likeness (QED) is 0.652. The molecule has 1 saturated heterocycles. The molecule has 1 aromatic heterocycles. The summed E-state index contributed by atoms with van der Waals surface area (Å²) in [7, 11) is 0. The summed E-state index contributed by atoms with van der Waals surface area (Å²) in [5.74, 6) is 0.239. The van der Waals surface area contributed by atoms with Gasteiger partial charge in [-0.25, -0.2) is 4.39 Å². The Hall–Kier alpha value is -1.88. The fourth-order valence-corrected chi connectivity index (χ4v) is 4.33. The van der Waals surface area contributed by atoms with Gasteiger partial charge in [-0.05, 0) is 62.5 Å². The van der Waals surface area contributed by atoms with Crippen LogP contribution in [0, 0.1) is 5.82 Å². The van der Waals surface area contributed by atoms with E-state index in [1.807, 2.05) is 30.3 Å². The number of fused-ring (bicyclic) bond motifs is 1. The zero-order chi connectivity index (χ0) is 19.0. The smallest absolute Gasteiger partial charge is 0.156 e. The highest BCUT2D eigenvalue weighted by Crippen LogP contribution is 2.36. The number of aromatic amines is 1. The minimum Gasteiger partial charge on any atom is -0.352 e. The average Bonchev–Trinajstić information content (AvgIpc) is 3.04. The second-order valence-electron chi connectivity index (χ2n) is 7.49. The van der Waals surface area contributed by atoms with Crippen LogP contribution < -0.4 is 5.73 Å². The number of piperidine rings is 1. The second-order valence-corrected chi connectivity index (χ2v) is 7.90. The minimum absolute atomic E-state index is 0.228. The van der Waals surface area contributed by atoms with Crippen LogP contribution in [0.1, 0.15) is 31.2 Å². The van der Waals surface area contributed by atoms with Crippen LogP contribution in [0.25, 0.3) is 22.2 Å². The molecule has 1 unspecified atom stereocenters. The first-order valence-electron chi connectivity index (χ1n) is 9.58. The van der Waals surface area contributed by atoms with E-state index in [1.54, 1.807) is 6.07 Å². The van der Waals surface area contributed by atoms with Crippen molar-refractivity contribution in [3.8, 4) is 11.3 Å². The van der Waals surface area contributed by atoms with Gasteiger partial charge in [-0.2, -0.15) is 0 Å². The first kappa shape index (κ1) is 18.5. The molecule has 0 aliphatic carbocycles. The number of nitrogens with zero attached hydrogens (tertiary/aromatic N) is 1. The Kier molecular flexibility index (Phi) is 5.22. The van der Waals surface area contributed by atoms with Crippen LogP contribution in [0.4, 0.5) is 4.39 Å². The lowest BCUT2D eigenvalue weighted by Crippen LogP contribution is -2.43. The Balaban J connectivity index is 1.62. The maximum atomic E-state index is 15.1. The van der Waals surface area contributed by atoms with Crippen molar-refractivity contribution in [1.82, 2.24) is 9.88 Å². The fourth-order valence-electron chi connectivity index (χ4n) is 4.10. The van der Waals surface area contributed by atoms with Gasteiger partial charge in [0.2, 0.25) is 0 Å². The lowest BCUT2D eigenvalue weighted by molar-refractivity contribution is 0.165. The van der Waals surface area contributed by atoms with Crippen LogP contribution in [0.15, 0.2) is 42.5 Å². The summed E-state index contributed by atoms with van der Waals surface area (Å²) in [6.07, 6.45) is 2.17. The summed E-state index contributed by atoms with van der Waals surface area (Å²) in [6.45, 7) is 4.96. The Morgan fingerprint density at radius 3 is 2.67 bits per heavy atom. The fraction of sp³-hybridized carbons (Fsp3) is 0.364. The number of halogens is 2. The number of H-pyrrole nitrogens is 1. The molecular weight excluding hydrogens is 361 g/mol. The normalized spacial score (nSPS) is 17.5. The monoisotopic (exact) mass is 385 g/mol. The van der Waals surface area contributed by atoms with Crippen molar-refractivity contribution < 1.29 is 4.39 Å². The number of rotatable bonds is 4. The van der Waals surface area contributed by atoms with Gasteiger partial charge >= 0.3 is 0 Å². The molecule has 1 aliphatic heterocycles. The standard InChI is InChI=1S/C22H25ClFN3/c1-14(13-25)27-10-8-15(9-11-27)16-6-7-20-18(12-16)21(24)22(26-20)17-4-2-3-5-19(17)23/h2-7,12,14-15,26H,8-11,13,25H2,1H3. The topological polar surface area (TPSA) is 45.0 Å². The summed E-state index contributed by atoms with van der Waals surface area (Å²) in [4.78, 5) is 5.65. The predicted molar refractivity (Wildman–Crippen MR) is 111 cm³/mol. The Morgan fingerprint density at radius 1 is 1.22 bits per heavy atom. The summed E-state index contributed by atoms with van der Waals surface area (Å²) in [6, 6.07) is 13.9. The van der Waals surface area contributed by atoms with Gasteiger partial charge in [0.25, 0.3) is 0 Å². The first-order valence-corrected chi connectivity index (χ1v) is 9.96. The van der Waals surface area contributed by atoms with E-state index in [9.17, 15) is 0 Å². The largest absolute Gasteiger partial charge is 0.352 e. The van der Waals surface area contributed by atoms with Gasteiger partial charge in [0.05, 0.1) is 5.69 Å². The van der Waals surface area contributed by atoms with E-state index >= 15 is 4.39 Å². The highest BCUT2D eigenvalue weighted by Gasteiger charge is 2.24. The molecule has 4 rings (SSSR count). The number of hydrogen-bond donors (Lipinski definition) is 2. The molecule has 3 aromatic rings. The van der Waals surface area contributed by atoms with E-state index in [1.165, 1.54) is 5.56 Å². The molecule has 3 nitrogen and oxygen atoms in total. The van der Waals surface area contributed by atoms with Gasteiger partial charge in [0.15, 0.2) is 5.82 Å². The van der Waals surface area contributed by atoms with Crippen LogP contribution in [-0.2, 0) is 0 Å². The third-order valence-corrected chi connectivity index (χ3v) is 6.20. The van der Waals surface area contributed by atoms with Gasteiger partial charge in [-0.1, -0.05) is 35.9 Å². The van der Waals surface area contributed by atoms with Crippen molar-refractivity contribution in [2.24, 2.45) is 5.73 Å². The van der Waals surface area contributed by atoms with E-state index in [4.69, 9.17) is 17.3 Å². The van der Waals surface area contributed by atoms with E-state index in [0.717, 1.165) is 31.4 Å². The number of aromatic nitrogens is 1. The lowest BCUT2D eigenvalue weighted by atomic mass is 9.88. The van der Waals surface area contributed by atoms with Crippen molar-refractivity contribution in [1.29, 1.82) is 0 Å². The minimum atomic E-state index is -0.228. The number of nitrogens with one attached hydrogen (secondary N) is 1. The maximum absolute atomic E-state index is 15.1. The lowest BCUT2D eigenvalue weighted by Gasteiger charge is -2.35. The molecule has 0 bridgehead atoms. The van der Waals surface area contributed by atoms with Crippen LogP contribution in [0.2, 0.25) is 5.02 Å². The van der Waals surface area contributed by atoms with Crippen LogP contribution in [0.5, 0.6) is 0 Å². The zero-order valence-corrected chi connectivity index (χ0v) is 16.3. The molecule has 3 N–H and O–H groups in total. The second kappa shape index (κ2) is 7.63. The molecule has 27 heavy (non-hydrogen) atoms. The van der Waals surface area contributed by atoms with Gasteiger partial charge in [0.1, 0.15) is 0 Å². The third-order valence-electron chi connectivity index (χ3n) is 5.87. The maximum Gasteiger partial charge on any atom is 0.156 e. The highest BCUT2D eigenvalue weighted by molar-refractivity contribution is 6.33. The summed E-state index contributed by atoms with van der Waals surface area (Å²) < 4.78 is 15.1. The zero-order valence-electron chi connectivity index (χ0n) is 15.5. The molecule has 0 radical (unpaired) electrons. The Morgan fingerprint density at radius 2 is 1.96 bits per heavy atom. The first-order chi connectivity index (χ1) is 13.1. The summed E-state index contributed by atoms with van der Waals surface area (Å²) in [5, 5.41) is 1.18. The van der Waals surface area contributed by atoms with Crippen LogP contribution in [0.3, 0.4) is 0 Å². The molecule has 142 valence electrons. The molecule has 1 atom stereocenters. The number of benzene rings is 2. The molecule has 1 aliphatic rings.